The molecule has 6 nitrogen and oxygen atoms in total. The Hall–Kier alpha value is -3.67. The molecule has 0 aromatic heterocycles. The first-order valence-corrected chi connectivity index (χ1v) is 27.7. The molecule has 6 heteroatoms. The van der Waals surface area contributed by atoms with Gasteiger partial charge in [-0.3, -0.25) is 14.4 Å². The van der Waals surface area contributed by atoms with Crippen LogP contribution in [-0.2, 0) is 28.6 Å². The van der Waals surface area contributed by atoms with E-state index in [1.165, 1.54) is 89.9 Å². The first-order valence-electron chi connectivity index (χ1n) is 27.7. The molecular weight excluding hydrogens is 829 g/mol. The van der Waals surface area contributed by atoms with Gasteiger partial charge in [0, 0.05) is 19.3 Å². The summed E-state index contributed by atoms with van der Waals surface area (Å²) in [6, 6.07) is 0. The highest BCUT2D eigenvalue weighted by Crippen LogP contribution is 2.13. The molecule has 0 bridgehead atoms. The first kappa shape index (κ1) is 63.3. The number of ether oxygens (including phenoxy) is 3. The van der Waals surface area contributed by atoms with E-state index in [1.807, 2.05) is 0 Å². The van der Waals surface area contributed by atoms with Crippen LogP contribution in [0.4, 0.5) is 0 Å². The smallest absolute Gasteiger partial charge is 0.306 e. The summed E-state index contributed by atoms with van der Waals surface area (Å²) in [6.45, 7) is 6.44. The van der Waals surface area contributed by atoms with Crippen LogP contribution >= 0.6 is 0 Å². The fraction of sp³-hybridized carbons (Fsp3) is 0.689. The molecule has 1 atom stereocenters. The predicted molar refractivity (Wildman–Crippen MR) is 288 cm³/mol. The number of rotatable bonds is 49. The molecule has 0 aliphatic rings. The van der Waals surface area contributed by atoms with Crippen LogP contribution in [0.1, 0.15) is 252 Å². The van der Waals surface area contributed by atoms with Crippen molar-refractivity contribution in [2.24, 2.45) is 0 Å². The van der Waals surface area contributed by atoms with Crippen LogP contribution in [0.3, 0.4) is 0 Å². The van der Waals surface area contributed by atoms with Gasteiger partial charge in [-0.25, -0.2) is 0 Å². The Morgan fingerprint density at radius 1 is 0.313 bits per heavy atom. The minimum Gasteiger partial charge on any atom is -0.462 e. The van der Waals surface area contributed by atoms with E-state index in [-0.39, 0.29) is 37.5 Å². The molecule has 0 aliphatic carbocycles. The van der Waals surface area contributed by atoms with E-state index in [1.54, 1.807) is 0 Å². The van der Waals surface area contributed by atoms with E-state index in [2.05, 4.69) is 118 Å². The molecule has 0 aliphatic heterocycles. The lowest BCUT2D eigenvalue weighted by Gasteiger charge is -2.18. The average molecular weight is 931 g/mol. The molecule has 1 unspecified atom stereocenters. The highest BCUT2D eigenvalue weighted by molar-refractivity contribution is 5.71. The Kier molecular flexibility index (Phi) is 51.9. The van der Waals surface area contributed by atoms with Gasteiger partial charge in [-0.1, -0.05) is 208 Å². The van der Waals surface area contributed by atoms with Crippen molar-refractivity contribution in [1.29, 1.82) is 0 Å². The lowest BCUT2D eigenvalue weighted by Crippen LogP contribution is -2.30. The third kappa shape index (κ3) is 53.2. The van der Waals surface area contributed by atoms with Crippen molar-refractivity contribution in [3.63, 3.8) is 0 Å². The number of carbonyl (C=O) groups is 3. The molecule has 0 radical (unpaired) electrons. The zero-order chi connectivity index (χ0) is 48.6. The highest BCUT2D eigenvalue weighted by atomic mass is 16.6. The topological polar surface area (TPSA) is 78.9 Å². The quantitative estimate of drug-likeness (QED) is 0.0262. The van der Waals surface area contributed by atoms with Gasteiger partial charge >= 0.3 is 17.9 Å². The highest BCUT2D eigenvalue weighted by Gasteiger charge is 2.19. The molecule has 0 aromatic carbocycles. The van der Waals surface area contributed by atoms with E-state index in [4.69, 9.17) is 14.2 Å². The maximum Gasteiger partial charge on any atom is 0.306 e. The van der Waals surface area contributed by atoms with Gasteiger partial charge in [0.05, 0.1) is 0 Å². The molecule has 382 valence electrons. The van der Waals surface area contributed by atoms with Crippen LogP contribution in [-0.4, -0.2) is 37.2 Å². The second-order valence-electron chi connectivity index (χ2n) is 18.1. The fourth-order valence-corrected chi connectivity index (χ4v) is 7.37. The summed E-state index contributed by atoms with van der Waals surface area (Å²) < 4.78 is 16.8. The average Bonchev–Trinajstić information content (AvgIpc) is 3.33. The maximum absolute atomic E-state index is 12.8. The van der Waals surface area contributed by atoms with Crippen LogP contribution in [0.25, 0.3) is 0 Å². The predicted octanol–water partition coefficient (Wildman–Crippen LogP) is 18.5. The number of hydrogen-bond acceptors (Lipinski definition) is 6. The maximum atomic E-state index is 12.8. The van der Waals surface area contributed by atoms with Gasteiger partial charge < -0.3 is 14.2 Å². The molecule has 0 heterocycles. The summed E-state index contributed by atoms with van der Waals surface area (Å²) in [5.41, 5.74) is 0. The van der Waals surface area contributed by atoms with E-state index in [0.717, 1.165) is 116 Å². The first-order chi connectivity index (χ1) is 33.0. The van der Waals surface area contributed by atoms with Crippen LogP contribution in [0.5, 0.6) is 0 Å². The van der Waals surface area contributed by atoms with Crippen LogP contribution < -0.4 is 0 Å². The molecule has 0 N–H and O–H groups in total. The molecule has 0 spiro atoms. The zero-order valence-corrected chi connectivity index (χ0v) is 43.6. The van der Waals surface area contributed by atoms with Crippen LogP contribution in [0.15, 0.2) is 97.2 Å². The minimum atomic E-state index is -0.809. The van der Waals surface area contributed by atoms with Crippen molar-refractivity contribution in [3.8, 4) is 0 Å². The summed E-state index contributed by atoms with van der Waals surface area (Å²) in [5, 5.41) is 0. The van der Waals surface area contributed by atoms with Gasteiger partial charge in [0.1, 0.15) is 13.2 Å². The second-order valence-corrected chi connectivity index (χ2v) is 18.1. The van der Waals surface area contributed by atoms with E-state index >= 15 is 0 Å². The normalized spacial score (nSPS) is 12.8. The molecular formula is C61H102O6. The zero-order valence-electron chi connectivity index (χ0n) is 43.6. The minimum absolute atomic E-state index is 0.104. The van der Waals surface area contributed by atoms with Crippen molar-refractivity contribution in [2.75, 3.05) is 13.2 Å². The van der Waals surface area contributed by atoms with Gasteiger partial charge in [-0.2, -0.15) is 0 Å². The number of carbonyl (C=O) groups excluding carboxylic acids is 3. The largest absolute Gasteiger partial charge is 0.462 e. The monoisotopic (exact) mass is 931 g/mol. The Balaban J connectivity index is 4.48. The summed E-state index contributed by atoms with van der Waals surface area (Å²) in [7, 11) is 0. The number of unbranched alkanes of at least 4 members (excludes halogenated alkanes) is 22. The molecule has 0 fully saturated rings. The van der Waals surface area contributed by atoms with Crippen LogP contribution in [0.2, 0.25) is 0 Å². The Bertz CT molecular complexity index is 1350. The summed E-state index contributed by atoms with van der Waals surface area (Å²) in [5.74, 6) is -0.966. The van der Waals surface area contributed by atoms with Gasteiger partial charge in [-0.05, 0) is 122 Å². The van der Waals surface area contributed by atoms with Crippen molar-refractivity contribution >= 4 is 17.9 Å². The summed E-state index contributed by atoms with van der Waals surface area (Å²) >= 11 is 0. The summed E-state index contributed by atoms with van der Waals surface area (Å²) in [4.78, 5) is 38.1. The third-order valence-electron chi connectivity index (χ3n) is 11.5. The number of hydrogen-bond donors (Lipinski definition) is 0. The lowest BCUT2D eigenvalue weighted by atomic mass is 10.1. The van der Waals surface area contributed by atoms with Crippen molar-refractivity contribution in [3.05, 3.63) is 97.2 Å². The molecule has 67 heavy (non-hydrogen) atoms. The van der Waals surface area contributed by atoms with Gasteiger partial charge in [0.15, 0.2) is 6.10 Å². The van der Waals surface area contributed by atoms with Gasteiger partial charge in [0.2, 0.25) is 0 Å². The SMILES string of the molecule is CC/C=C\C/C=C\C/C=C\C/C=C\CCCCC(=O)OC(COC(=O)CCCCCCC/C=C\CCCCCCCC)COC(=O)CCCCCCCC/C=C\C/C=C\C/C=C\CCCCC. The van der Waals surface area contributed by atoms with Gasteiger partial charge in [0.25, 0.3) is 0 Å². The third-order valence-corrected chi connectivity index (χ3v) is 11.5. The van der Waals surface area contributed by atoms with E-state index in [0.29, 0.717) is 19.3 Å². The van der Waals surface area contributed by atoms with E-state index < -0.39 is 6.10 Å². The van der Waals surface area contributed by atoms with Crippen molar-refractivity contribution in [1.82, 2.24) is 0 Å². The molecule has 0 rings (SSSR count). The van der Waals surface area contributed by atoms with Gasteiger partial charge in [-0.15, -0.1) is 0 Å². The molecule has 0 saturated carbocycles. The fourth-order valence-electron chi connectivity index (χ4n) is 7.37. The van der Waals surface area contributed by atoms with E-state index in [9.17, 15) is 14.4 Å². The Morgan fingerprint density at radius 3 is 0.985 bits per heavy atom. The molecule has 0 amide bonds. The lowest BCUT2D eigenvalue weighted by molar-refractivity contribution is -0.167. The van der Waals surface area contributed by atoms with Crippen molar-refractivity contribution < 1.29 is 28.6 Å². The second kappa shape index (κ2) is 54.9. The number of allylic oxidation sites excluding steroid dienone is 16. The standard InChI is InChI=1S/C61H102O6/c1-4-7-10-13-16-19-22-25-28-29-30-31-34-36-39-42-45-48-51-54-60(63)66-57-58(67-61(64)55-52-49-46-43-40-37-33-27-24-21-18-15-12-9-6-3)56-65-59(62)53-50-47-44-41-38-35-32-26-23-20-17-14-11-8-5-2/h9,12,16,18-19,21,25-28,30-33,40,43,58H,4-8,10-11,13-15,17,20,22-24,29,34-39,41-42,44-57H2,1-3H3/b12-9-,19-16-,21-18-,28-25-,31-30-,32-26-,33-27-,43-40-. The van der Waals surface area contributed by atoms with Crippen molar-refractivity contribution in [2.45, 2.75) is 258 Å². The van der Waals surface area contributed by atoms with Crippen LogP contribution in [0, 0.1) is 0 Å². The Morgan fingerprint density at radius 2 is 0.582 bits per heavy atom. The molecule has 0 aromatic rings. The summed E-state index contributed by atoms with van der Waals surface area (Å²) in [6.07, 6.45) is 72.5. The molecule has 0 saturated heterocycles. The Labute approximate surface area is 413 Å². The number of esters is 3.